The molecule has 0 aliphatic carbocycles. The molecular weight excluding hydrogens is 344 g/mol. The van der Waals surface area contributed by atoms with Crippen molar-refractivity contribution in [3.05, 3.63) is 35.5 Å². The monoisotopic (exact) mass is 370 g/mol. The molecule has 0 radical (unpaired) electrons. The van der Waals surface area contributed by atoms with E-state index in [0.717, 1.165) is 61.2 Å². The standard InChI is InChI=1S/C20H26N4O3/c1-21-20-22-16(15-7-10-26-13-15)11-18(23-20)24-8-4-9-27-19-14(12-24)5-3-6-17(19)25-2/h3,5-6,11,15H,4,7-10,12-13H2,1-2H3,(H,21,22,23)/t15-/m0/s1. The Balaban J connectivity index is 1.68. The zero-order valence-electron chi connectivity index (χ0n) is 15.9. The van der Waals surface area contributed by atoms with Gasteiger partial charge >= 0.3 is 0 Å². The van der Waals surface area contributed by atoms with E-state index in [2.05, 4.69) is 27.3 Å². The van der Waals surface area contributed by atoms with Crippen LogP contribution in [0.15, 0.2) is 24.3 Å². The first-order chi connectivity index (χ1) is 13.3. The lowest BCUT2D eigenvalue weighted by molar-refractivity contribution is 0.193. The number of para-hydroxylation sites is 1. The molecule has 1 aromatic heterocycles. The third-order valence-electron chi connectivity index (χ3n) is 5.09. The van der Waals surface area contributed by atoms with Crippen molar-refractivity contribution in [1.29, 1.82) is 0 Å². The molecule has 7 heteroatoms. The van der Waals surface area contributed by atoms with Crippen molar-refractivity contribution >= 4 is 11.8 Å². The molecule has 2 aliphatic heterocycles. The number of hydrogen-bond acceptors (Lipinski definition) is 7. The lowest BCUT2D eigenvalue weighted by atomic mass is 10.0. The van der Waals surface area contributed by atoms with Crippen molar-refractivity contribution in [3.8, 4) is 11.5 Å². The van der Waals surface area contributed by atoms with E-state index in [4.69, 9.17) is 19.2 Å². The van der Waals surface area contributed by atoms with Gasteiger partial charge in [0.25, 0.3) is 0 Å². The summed E-state index contributed by atoms with van der Waals surface area (Å²) in [4.78, 5) is 11.7. The molecule has 1 fully saturated rings. The van der Waals surface area contributed by atoms with Crippen LogP contribution in [0.25, 0.3) is 0 Å². The van der Waals surface area contributed by atoms with Gasteiger partial charge in [0.1, 0.15) is 5.82 Å². The molecule has 7 nitrogen and oxygen atoms in total. The van der Waals surface area contributed by atoms with Crippen LogP contribution in [0.4, 0.5) is 11.8 Å². The summed E-state index contributed by atoms with van der Waals surface area (Å²) in [5.41, 5.74) is 2.15. The first-order valence-corrected chi connectivity index (χ1v) is 9.46. The molecule has 1 atom stereocenters. The minimum atomic E-state index is 0.337. The van der Waals surface area contributed by atoms with Gasteiger partial charge in [-0.1, -0.05) is 12.1 Å². The number of nitrogens with zero attached hydrogens (tertiary/aromatic N) is 3. The maximum atomic E-state index is 5.97. The molecule has 2 aliphatic rings. The van der Waals surface area contributed by atoms with Crippen molar-refractivity contribution in [2.45, 2.75) is 25.3 Å². The van der Waals surface area contributed by atoms with E-state index in [9.17, 15) is 0 Å². The zero-order valence-corrected chi connectivity index (χ0v) is 15.9. The van der Waals surface area contributed by atoms with Gasteiger partial charge in [0.2, 0.25) is 5.95 Å². The van der Waals surface area contributed by atoms with Crippen LogP contribution in [0.3, 0.4) is 0 Å². The van der Waals surface area contributed by atoms with Crippen molar-refractivity contribution < 1.29 is 14.2 Å². The predicted molar refractivity (Wildman–Crippen MR) is 104 cm³/mol. The lowest BCUT2D eigenvalue weighted by Crippen LogP contribution is -2.29. The molecule has 3 heterocycles. The van der Waals surface area contributed by atoms with Crippen LogP contribution in [0.1, 0.15) is 30.0 Å². The van der Waals surface area contributed by atoms with E-state index in [1.54, 1.807) is 7.11 Å². The number of ether oxygens (including phenoxy) is 3. The maximum absolute atomic E-state index is 5.97. The number of nitrogens with one attached hydrogen (secondary N) is 1. The summed E-state index contributed by atoms with van der Waals surface area (Å²) in [6.07, 6.45) is 1.92. The van der Waals surface area contributed by atoms with Crippen LogP contribution < -0.4 is 19.7 Å². The van der Waals surface area contributed by atoms with E-state index in [1.165, 1.54) is 0 Å². The van der Waals surface area contributed by atoms with Crippen LogP contribution in [-0.4, -0.2) is 50.5 Å². The largest absolute Gasteiger partial charge is 0.493 e. The van der Waals surface area contributed by atoms with E-state index < -0.39 is 0 Å². The molecule has 1 aromatic carbocycles. The highest BCUT2D eigenvalue weighted by atomic mass is 16.5. The van der Waals surface area contributed by atoms with Crippen LogP contribution in [0, 0.1) is 0 Å². The molecule has 4 rings (SSSR count). The third-order valence-corrected chi connectivity index (χ3v) is 5.09. The SMILES string of the molecule is CNc1nc([C@H]2CCOC2)cc(N2CCCOc3c(cccc3OC)C2)n1. The minimum Gasteiger partial charge on any atom is -0.493 e. The number of aromatic nitrogens is 2. The van der Waals surface area contributed by atoms with Gasteiger partial charge in [-0.05, 0) is 18.9 Å². The highest BCUT2D eigenvalue weighted by Crippen LogP contribution is 2.34. The summed E-state index contributed by atoms with van der Waals surface area (Å²) in [5.74, 6) is 3.53. The summed E-state index contributed by atoms with van der Waals surface area (Å²) in [5, 5.41) is 3.10. The van der Waals surface area contributed by atoms with Crippen LogP contribution >= 0.6 is 0 Å². The van der Waals surface area contributed by atoms with E-state index in [-0.39, 0.29) is 0 Å². The minimum absolute atomic E-state index is 0.337. The second-order valence-electron chi connectivity index (χ2n) is 6.86. The molecule has 2 aromatic rings. The highest BCUT2D eigenvalue weighted by Gasteiger charge is 2.23. The van der Waals surface area contributed by atoms with Crippen LogP contribution in [0.5, 0.6) is 11.5 Å². The van der Waals surface area contributed by atoms with Gasteiger partial charge in [-0.15, -0.1) is 0 Å². The Morgan fingerprint density at radius 3 is 2.96 bits per heavy atom. The molecule has 0 saturated carbocycles. The smallest absolute Gasteiger partial charge is 0.224 e. The Morgan fingerprint density at radius 2 is 2.19 bits per heavy atom. The van der Waals surface area contributed by atoms with Gasteiger partial charge in [0.15, 0.2) is 11.5 Å². The number of rotatable bonds is 4. The topological polar surface area (TPSA) is 68.7 Å². The van der Waals surface area contributed by atoms with E-state index >= 15 is 0 Å². The maximum Gasteiger partial charge on any atom is 0.224 e. The van der Waals surface area contributed by atoms with Gasteiger partial charge in [-0.2, -0.15) is 4.98 Å². The lowest BCUT2D eigenvalue weighted by Gasteiger charge is -2.28. The van der Waals surface area contributed by atoms with E-state index in [0.29, 0.717) is 25.0 Å². The second-order valence-corrected chi connectivity index (χ2v) is 6.86. The predicted octanol–water partition coefficient (Wildman–Crippen LogP) is 2.82. The number of hydrogen-bond donors (Lipinski definition) is 1. The molecule has 1 saturated heterocycles. The molecular formula is C20H26N4O3. The fourth-order valence-electron chi connectivity index (χ4n) is 3.62. The van der Waals surface area contributed by atoms with Crippen molar-refractivity contribution in [2.24, 2.45) is 0 Å². The number of benzene rings is 1. The van der Waals surface area contributed by atoms with Crippen LogP contribution in [-0.2, 0) is 11.3 Å². The fraction of sp³-hybridized carbons (Fsp3) is 0.500. The zero-order chi connectivity index (χ0) is 18.6. The molecule has 27 heavy (non-hydrogen) atoms. The van der Waals surface area contributed by atoms with Crippen LogP contribution in [0.2, 0.25) is 0 Å². The highest BCUT2D eigenvalue weighted by molar-refractivity contribution is 5.51. The van der Waals surface area contributed by atoms with Gasteiger partial charge in [-0.3, -0.25) is 0 Å². The summed E-state index contributed by atoms with van der Waals surface area (Å²) < 4.78 is 17.0. The van der Waals surface area contributed by atoms with Gasteiger partial charge in [0.05, 0.1) is 26.0 Å². The molecule has 144 valence electrons. The normalized spacial score (nSPS) is 19.6. The van der Waals surface area contributed by atoms with Gasteiger partial charge in [0, 0.05) is 44.3 Å². The average molecular weight is 370 g/mol. The first kappa shape index (κ1) is 17.9. The second kappa shape index (κ2) is 8.00. The summed E-state index contributed by atoms with van der Waals surface area (Å²) in [7, 11) is 3.53. The number of fused-ring (bicyclic) bond motifs is 1. The number of anilines is 2. The third kappa shape index (κ3) is 3.78. The van der Waals surface area contributed by atoms with Crippen molar-refractivity contribution in [3.63, 3.8) is 0 Å². The van der Waals surface area contributed by atoms with Gasteiger partial charge < -0.3 is 24.4 Å². The molecule has 1 N–H and O–H groups in total. The molecule has 0 amide bonds. The summed E-state index contributed by atoms with van der Waals surface area (Å²) in [6, 6.07) is 8.14. The summed E-state index contributed by atoms with van der Waals surface area (Å²) in [6.45, 7) is 3.77. The Bertz CT molecular complexity index is 793. The first-order valence-electron chi connectivity index (χ1n) is 9.46. The van der Waals surface area contributed by atoms with E-state index in [1.807, 2.05) is 19.2 Å². The fourth-order valence-corrected chi connectivity index (χ4v) is 3.62. The van der Waals surface area contributed by atoms with Crippen molar-refractivity contribution in [1.82, 2.24) is 9.97 Å². The molecule has 0 spiro atoms. The Hall–Kier alpha value is -2.54. The Labute approximate surface area is 159 Å². The van der Waals surface area contributed by atoms with Crippen molar-refractivity contribution in [2.75, 3.05) is 50.7 Å². The summed E-state index contributed by atoms with van der Waals surface area (Å²) >= 11 is 0. The average Bonchev–Trinajstić information content (AvgIpc) is 3.22. The molecule has 0 bridgehead atoms. The Morgan fingerprint density at radius 1 is 1.26 bits per heavy atom. The molecule has 0 unspecified atom stereocenters. The number of methoxy groups -OCH3 is 1. The van der Waals surface area contributed by atoms with Gasteiger partial charge in [-0.25, -0.2) is 4.98 Å². The Kier molecular flexibility index (Phi) is 5.29. The quantitative estimate of drug-likeness (QED) is 0.887.